The van der Waals surface area contributed by atoms with Crippen LogP contribution in [0.2, 0.25) is 0 Å². The fourth-order valence-electron chi connectivity index (χ4n) is 2.17. The Hall–Kier alpha value is -1.34. The second-order valence-corrected chi connectivity index (χ2v) is 5.57. The van der Waals surface area contributed by atoms with Crippen LogP contribution in [-0.2, 0) is 12.7 Å². The Morgan fingerprint density at radius 1 is 1.29 bits per heavy atom. The van der Waals surface area contributed by atoms with E-state index in [1.807, 2.05) is 0 Å². The van der Waals surface area contributed by atoms with E-state index >= 15 is 0 Å². The number of aryl methyl sites for hydroxylation is 1. The van der Waals surface area contributed by atoms with Crippen LogP contribution >= 0.6 is 15.9 Å². The van der Waals surface area contributed by atoms with Crippen molar-refractivity contribution in [1.29, 1.82) is 0 Å². The average molecular weight is 362 g/mol. The van der Waals surface area contributed by atoms with Gasteiger partial charge in [-0.15, -0.1) is 0 Å². The third-order valence-electron chi connectivity index (χ3n) is 3.18. The summed E-state index contributed by atoms with van der Waals surface area (Å²) in [5.74, 6) is 0. The highest BCUT2D eigenvalue weighted by molar-refractivity contribution is 9.10. The van der Waals surface area contributed by atoms with E-state index in [1.165, 1.54) is 10.7 Å². The van der Waals surface area contributed by atoms with Crippen molar-refractivity contribution in [1.82, 2.24) is 15.1 Å². The predicted octanol–water partition coefficient (Wildman–Crippen LogP) is 3.99. The molecule has 1 N–H and O–H groups in total. The summed E-state index contributed by atoms with van der Waals surface area (Å²) in [7, 11) is 1.69. The molecule has 0 radical (unpaired) electrons. The van der Waals surface area contributed by atoms with Gasteiger partial charge in [-0.3, -0.25) is 0 Å². The number of hydrogen-bond donors (Lipinski definition) is 1. The van der Waals surface area contributed by atoms with Gasteiger partial charge in [-0.25, -0.2) is 4.68 Å². The smallest absolute Gasteiger partial charge is 0.316 e. The van der Waals surface area contributed by atoms with Crippen LogP contribution in [0.25, 0.3) is 5.69 Å². The number of nitrogens with zero attached hydrogens (tertiary/aromatic N) is 2. The molecule has 0 atom stereocenters. The van der Waals surface area contributed by atoms with Gasteiger partial charge in [-0.2, -0.15) is 18.3 Å². The summed E-state index contributed by atoms with van der Waals surface area (Å²) in [5, 5.41) is 7.03. The summed E-state index contributed by atoms with van der Waals surface area (Å²) in [6.45, 7) is 3.85. The molecule has 0 aliphatic heterocycles. The minimum atomic E-state index is -4.43. The van der Waals surface area contributed by atoms with Gasteiger partial charge in [-0.05, 0) is 54.5 Å². The molecule has 7 heteroatoms. The van der Waals surface area contributed by atoms with Crippen LogP contribution in [0.15, 0.2) is 22.7 Å². The maximum atomic E-state index is 13.3. The van der Waals surface area contributed by atoms with E-state index in [0.29, 0.717) is 23.5 Å². The summed E-state index contributed by atoms with van der Waals surface area (Å²) in [5.41, 5.74) is 1.22. The predicted molar refractivity (Wildman–Crippen MR) is 78.5 cm³/mol. The van der Waals surface area contributed by atoms with Crippen LogP contribution in [0.4, 0.5) is 13.2 Å². The Kier molecular flexibility index (Phi) is 4.43. The lowest BCUT2D eigenvalue weighted by atomic mass is 10.1. The van der Waals surface area contributed by atoms with Crippen molar-refractivity contribution in [3.63, 3.8) is 0 Å². The molecular formula is C14H15BrF3N3. The lowest BCUT2D eigenvalue weighted by Gasteiger charge is -2.15. The molecular weight excluding hydrogens is 347 g/mol. The van der Waals surface area contributed by atoms with Gasteiger partial charge in [-0.1, -0.05) is 6.07 Å². The molecule has 1 aromatic heterocycles. The maximum absolute atomic E-state index is 13.3. The van der Waals surface area contributed by atoms with Gasteiger partial charge < -0.3 is 5.32 Å². The highest BCUT2D eigenvalue weighted by Gasteiger charge is 2.35. The summed E-state index contributed by atoms with van der Waals surface area (Å²) in [4.78, 5) is 0. The van der Waals surface area contributed by atoms with Gasteiger partial charge in [0.1, 0.15) is 0 Å². The van der Waals surface area contributed by atoms with Crippen molar-refractivity contribution in [2.24, 2.45) is 0 Å². The third-order valence-corrected chi connectivity index (χ3v) is 4.33. The van der Waals surface area contributed by atoms with E-state index in [-0.39, 0.29) is 5.69 Å². The first-order valence-electron chi connectivity index (χ1n) is 6.32. The van der Waals surface area contributed by atoms with E-state index in [4.69, 9.17) is 0 Å². The van der Waals surface area contributed by atoms with Crippen LogP contribution in [0.3, 0.4) is 0 Å². The molecule has 0 spiro atoms. The summed E-state index contributed by atoms with van der Waals surface area (Å²) < 4.78 is 42.0. The Morgan fingerprint density at radius 3 is 2.43 bits per heavy atom. The average Bonchev–Trinajstić information content (AvgIpc) is 2.66. The third kappa shape index (κ3) is 3.13. The van der Waals surface area contributed by atoms with Crippen molar-refractivity contribution >= 4 is 15.9 Å². The molecule has 0 fully saturated rings. The van der Waals surface area contributed by atoms with Gasteiger partial charge in [0.25, 0.3) is 0 Å². The normalized spacial score (nSPS) is 12.0. The Bertz CT molecular complexity index is 662. The first-order chi connectivity index (χ1) is 9.75. The minimum Gasteiger partial charge on any atom is -0.316 e. The Morgan fingerprint density at radius 2 is 1.95 bits per heavy atom. The number of hydrogen-bond acceptors (Lipinski definition) is 2. The van der Waals surface area contributed by atoms with Crippen LogP contribution in [-0.4, -0.2) is 16.8 Å². The van der Waals surface area contributed by atoms with E-state index in [2.05, 4.69) is 26.3 Å². The molecule has 0 amide bonds. The molecule has 1 aromatic carbocycles. The highest BCUT2D eigenvalue weighted by atomic mass is 79.9. The van der Waals surface area contributed by atoms with E-state index in [0.717, 1.165) is 10.5 Å². The first kappa shape index (κ1) is 16.0. The molecule has 21 heavy (non-hydrogen) atoms. The van der Waals surface area contributed by atoms with Gasteiger partial charge in [0, 0.05) is 6.54 Å². The zero-order chi connectivity index (χ0) is 15.8. The molecule has 114 valence electrons. The number of benzene rings is 1. The molecule has 0 unspecified atom stereocenters. The number of nitrogens with one attached hydrogen (secondary N) is 1. The van der Waals surface area contributed by atoms with Crippen molar-refractivity contribution in [3.8, 4) is 5.69 Å². The maximum Gasteiger partial charge on any atom is 0.418 e. The molecule has 0 aliphatic rings. The van der Waals surface area contributed by atoms with Crippen molar-refractivity contribution in [3.05, 3.63) is 45.2 Å². The number of halogens is 4. The van der Waals surface area contributed by atoms with Crippen LogP contribution in [0.5, 0.6) is 0 Å². The van der Waals surface area contributed by atoms with Gasteiger partial charge in [0.15, 0.2) is 0 Å². The lowest BCUT2D eigenvalue weighted by molar-refractivity contribution is -0.137. The summed E-state index contributed by atoms with van der Waals surface area (Å²) in [6, 6.07) is 4.29. The van der Waals surface area contributed by atoms with Crippen LogP contribution in [0, 0.1) is 13.8 Å². The molecule has 0 bridgehead atoms. The van der Waals surface area contributed by atoms with Gasteiger partial charge in [0.2, 0.25) is 0 Å². The first-order valence-corrected chi connectivity index (χ1v) is 7.11. The topological polar surface area (TPSA) is 29.9 Å². The second-order valence-electron chi connectivity index (χ2n) is 4.78. The largest absolute Gasteiger partial charge is 0.418 e. The molecule has 1 heterocycles. The number of rotatable bonds is 3. The second kappa shape index (κ2) is 5.81. The Labute approximate surface area is 129 Å². The van der Waals surface area contributed by atoms with Gasteiger partial charge in [0.05, 0.1) is 27.1 Å². The summed E-state index contributed by atoms with van der Waals surface area (Å²) in [6.07, 6.45) is -4.43. The van der Waals surface area contributed by atoms with E-state index in [1.54, 1.807) is 27.0 Å². The zero-order valence-corrected chi connectivity index (χ0v) is 13.4. The van der Waals surface area contributed by atoms with Crippen molar-refractivity contribution < 1.29 is 13.2 Å². The lowest BCUT2D eigenvalue weighted by Crippen LogP contribution is -2.14. The van der Waals surface area contributed by atoms with Crippen molar-refractivity contribution in [2.75, 3.05) is 7.05 Å². The molecule has 0 saturated heterocycles. The van der Waals surface area contributed by atoms with Crippen molar-refractivity contribution in [2.45, 2.75) is 26.6 Å². The number of alkyl halides is 3. The fraction of sp³-hybridized carbons (Fsp3) is 0.357. The van der Waals surface area contributed by atoms with Crippen LogP contribution < -0.4 is 5.32 Å². The monoisotopic (exact) mass is 361 g/mol. The minimum absolute atomic E-state index is 0.0358. The standard InChI is InChI=1S/C14H15BrF3N3/c1-8-13(15)9(2)21(20-8)12-5-4-10(7-19-3)6-11(12)14(16,17)18/h4-6,19H,7H2,1-3H3. The highest BCUT2D eigenvalue weighted by Crippen LogP contribution is 2.36. The number of aromatic nitrogens is 2. The summed E-state index contributed by atoms with van der Waals surface area (Å²) >= 11 is 3.34. The quantitative estimate of drug-likeness (QED) is 0.895. The fourth-order valence-corrected chi connectivity index (χ4v) is 2.41. The molecule has 2 rings (SSSR count). The molecule has 0 saturated carbocycles. The SMILES string of the molecule is CNCc1ccc(-n2nc(C)c(Br)c2C)c(C(F)(F)F)c1. The molecule has 3 nitrogen and oxygen atoms in total. The Balaban J connectivity index is 2.65. The van der Waals surface area contributed by atoms with E-state index in [9.17, 15) is 13.2 Å². The van der Waals surface area contributed by atoms with Gasteiger partial charge >= 0.3 is 6.18 Å². The van der Waals surface area contributed by atoms with Crippen LogP contribution in [0.1, 0.15) is 22.5 Å². The molecule has 0 aliphatic carbocycles. The van der Waals surface area contributed by atoms with E-state index < -0.39 is 11.7 Å². The molecule has 2 aromatic rings. The zero-order valence-electron chi connectivity index (χ0n) is 11.8.